The van der Waals surface area contributed by atoms with Crippen LogP contribution >= 0.6 is 0 Å². The summed E-state index contributed by atoms with van der Waals surface area (Å²) in [6.07, 6.45) is 3.00. The van der Waals surface area contributed by atoms with Crippen molar-refractivity contribution in [2.24, 2.45) is 0 Å². The number of nitrogens with one attached hydrogen (secondary N) is 1. The molecule has 1 amide bonds. The molecule has 0 aliphatic carbocycles. The molecular weight excluding hydrogens is 345 g/mol. The van der Waals surface area contributed by atoms with Crippen LogP contribution in [0.1, 0.15) is 28.8 Å². The minimum absolute atomic E-state index is 0.181. The summed E-state index contributed by atoms with van der Waals surface area (Å²) < 4.78 is 39.4. The highest BCUT2D eigenvalue weighted by molar-refractivity contribution is 7.89. The Labute approximate surface area is 145 Å². The number of hydrogen-bond acceptors (Lipinski definition) is 4. The van der Waals surface area contributed by atoms with E-state index in [2.05, 4.69) is 10.3 Å². The average molecular weight is 363 g/mol. The fourth-order valence-corrected chi connectivity index (χ4v) is 4.20. The zero-order valence-electron chi connectivity index (χ0n) is 13.5. The average Bonchev–Trinajstić information content (AvgIpc) is 3.15. The molecule has 0 saturated carbocycles. The van der Waals surface area contributed by atoms with Crippen LogP contribution in [0.4, 0.5) is 4.39 Å². The number of hydrogen-bond donors (Lipinski definition) is 1. The normalized spacial score (nSPS) is 15.2. The number of sulfonamides is 1. The van der Waals surface area contributed by atoms with Crippen LogP contribution in [0.25, 0.3) is 0 Å². The van der Waals surface area contributed by atoms with Gasteiger partial charge in [0.05, 0.1) is 4.90 Å². The third kappa shape index (κ3) is 4.02. The smallest absolute Gasteiger partial charge is 0.251 e. The zero-order valence-corrected chi connectivity index (χ0v) is 14.3. The van der Waals surface area contributed by atoms with Gasteiger partial charge in [0.25, 0.3) is 5.91 Å². The third-order valence-corrected chi connectivity index (χ3v) is 5.98. The lowest BCUT2D eigenvalue weighted by Crippen LogP contribution is -2.28. The number of halogens is 1. The summed E-state index contributed by atoms with van der Waals surface area (Å²) >= 11 is 0. The van der Waals surface area contributed by atoms with Crippen LogP contribution in [0.15, 0.2) is 47.5 Å². The van der Waals surface area contributed by atoms with Gasteiger partial charge in [0.1, 0.15) is 0 Å². The monoisotopic (exact) mass is 363 g/mol. The van der Waals surface area contributed by atoms with E-state index in [4.69, 9.17) is 0 Å². The van der Waals surface area contributed by atoms with Gasteiger partial charge in [0.2, 0.25) is 16.0 Å². The Hall–Kier alpha value is -2.32. The Morgan fingerprint density at radius 3 is 2.48 bits per heavy atom. The van der Waals surface area contributed by atoms with E-state index in [1.807, 2.05) is 0 Å². The van der Waals surface area contributed by atoms with Crippen molar-refractivity contribution < 1.29 is 17.6 Å². The number of aromatic nitrogens is 1. The maximum Gasteiger partial charge on any atom is 0.251 e. The van der Waals surface area contributed by atoms with E-state index in [1.54, 1.807) is 24.3 Å². The molecular formula is C17H18FN3O3S. The molecule has 25 heavy (non-hydrogen) atoms. The van der Waals surface area contributed by atoms with Crippen molar-refractivity contribution in [3.05, 3.63) is 59.7 Å². The van der Waals surface area contributed by atoms with E-state index in [9.17, 15) is 17.6 Å². The summed E-state index contributed by atoms with van der Waals surface area (Å²) in [7, 11) is -3.44. The summed E-state index contributed by atoms with van der Waals surface area (Å²) in [6.45, 7) is 1.33. The van der Waals surface area contributed by atoms with E-state index < -0.39 is 21.9 Å². The van der Waals surface area contributed by atoms with Crippen LogP contribution in [-0.2, 0) is 16.6 Å². The lowest BCUT2D eigenvalue weighted by Gasteiger charge is -2.15. The summed E-state index contributed by atoms with van der Waals surface area (Å²) in [5.74, 6) is -1.14. The van der Waals surface area contributed by atoms with Gasteiger partial charge < -0.3 is 5.32 Å². The van der Waals surface area contributed by atoms with Gasteiger partial charge in [-0.3, -0.25) is 4.79 Å². The number of amides is 1. The molecule has 0 atom stereocenters. The first-order valence-corrected chi connectivity index (χ1v) is 9.40. The molecule has 3 rings (SSSR count). The molecule has 1 aromatic carbocycles. The van der Waals surface area contributed by atoms with E-state index in [-0.39, 0.29) is 17.0 Å². The van der Waals surface area contributed by atoms with Crippen molar-refractivity contribution in [2.75, 3.05) is 13.1 Å². The largest absolute Gasteiger partial charge is 0.348 e. The number of carbonyl (C=O) groups excluding carboxylic acids is 1. The van der Waals surface area contributed by atoms with Gasteiger partial charge in [-0.2, -0.15) is 8.70 Å². The lowest BCUT2D eigenvalue weighted by atomic mass is 10.2. The summed E-state index contributed by atoms with van der Waals surface area (Å²) in [6, 6.07) is 8.89. The topological polar surface area (TPSA) is 79.4 Å². The van der Waals surface area contributed by atoms with Crippen LogP contribution in [0.5, 0.6) is 0 Å². The van der Waals surface area contributed by atoms with Gasteiger partial charge in [0, 0.05) is 37.5 Å². The van der Waals surface area contributed by atoms with Crippen LogP contribution < -0.4 is 5.32 Å². The molecule has 0 unspecified atom stereocenters. The SMILES string of the molecule is O=C(NCc1ccc(S(=O)(=O)N2CCCC2)cc1)c1ccnc(F)c1. The van der Waals surface area contributed by atoms with Crippen molar-refractivity contribution in [1.29, 1.82) is 0 Å². The lowest BCUT2D eigenvalue weighted by molar-refractivity contribution is 0.0950. The first-order chi connectivity index (χ1) is 12.0. The van der Waals surface area contributed by atoms with Gasteiger partial charge in [0.15, 0.2) is 0 Å². The Kier molecular flexibility index (Phi) is 5.10. The van der Waals surface area contributed by atoms with Gasteiger partial charge in [-0.15, -0.1) is 0 Å². The Bertz CT molecular complexity index is 863. The fourth-order valence-electron chi connectivity index (χ4n) is 2.68. The fraction of sp³-hybridized carbons (Fsp3) is 0.294. The minimum Gasteiger partial charge on any atom is -0.348 e. The number of carbonyl (C=O) groups is 1. The maximum atomic E-state index is 13.0. The highest BCUT2D eigenvalue weighted by Crippen LogP contribution is 2.21. The molecule has 1 fully saturated rings. The zero-order chi connectivity index (χ0) is 17.9. The number of pyridine rings is 1. The van der Waals surface area contributed by atoms with E-state index in [1.165, 1.54) is 16.6 Å². The summed E-state index contributed by atoms with van der Waals surface area (Å²) in [5, 5.41) is 2.66. The van der Waals surface area contributed by atoms with Crippen LogP contribution in [0, 0.1) is 5.95 Å². The molecule has 2 heterocycles. The van der Waals surface area contributed by atoms with E-state index in [0.29, 0.717) is 13.1 Å². The highest BCUT2D eigenvalue weighted by atomic mass is 32.2. The Balaban J connectivity index is 1.64. The Morgan fingerprint density at radius 2 is 1.84 bits per heavy atom. The van der Waals surface area contributed by atoms with Crippen molar-refractivity contribution >= 4 is 15.9 Å². The van der Waals surface area contributed by atoms with Crippen LogP contribution in [-0.4, -0.2) is 36.7 Å². The summed E-state index contributed by atoms with van der Waals surface area (Å²) in [4.78, 5) is 15.6. The molecule has 0 spiro atoms. The first-order valence-electron chi connectivity index (χ1n) is 7.96. The molecule has 1 N–H and O–H groups in total. The molecule has 6 nitrogen and oxygen atoms in total. The molecule has 8 heteroatoms. The van der Waals surface area contributed by atoms with Crippen molar-refractivity contribution in [3.63, 3.8) is 0 Å². The predicted molar refractivity (Wildman–Crippen MR) is 89.8 cm³/mol. The number of nitrogens with zero attached hydrogens (tertiary/aromatic N) is 2. The molecule has 0 bridgehead atoms. The minimum atomic E-state index is -3.44. The second-order valence-electron chi connectivity index (χ2n) is 5.81. The van der Waals surface area contributed by atoms with Crippen molar-refractivity contribution in [3.8, 4) is 0 Å². The van der Waals surface area contributed by atoms with Crippen molar-refractivity contribution in [1.82, 2.24) is 14.6 Å². The second-order valence-corrected chi connectivity index (χ2v) is 7.74. The maximum absolute atomic E-state index is 13.0. The predicted octanol–water partition coefficient (Wildman–Crippen LogP) is 1.94. The van der Waals surface area contributed by atoms with Gasteiger partial charge in [-0.05, 0) is 36.6 Å². The standard InChI is InChI=1S/C17H18FN3O3S/c18-16-11-14(7-8-19-16)17(22)20-12-13-3-5-15(6-4-13)25(23,24)21-9-1-2-10-21/h3-8,11H,1-2,9-10,12H2,(H,20,22). The quantitative estimate of drug-likeness (QED) is 0.824. The first kappa shape index (κ1) is 17.5. The Morgan fingerprint density at radius 1 is 1.16 bits per heavy atom. The molecule has 1 saturated heterocycles. The van der Waals surface area contributed by atoms with Gasteiger partial charge >= 0.3 is 0 Å². The second kappa shape index (κ2) is 7.28. The highest BCUT2D eigenvalue weighted by Gasteiger charge is 2.26. The third-order valence-electron chi connectivity index (χ3n) is 4.07. The van der Waals surface area contributed by atoms with Crippen LogP contribution in [0.2, 0.25) is 0 Å². The van der Waals surface area contributed by atoms with E-state index >= 15 is 0 Å². The molecule has 2 aromatic rings. The van der Waals surface area contributed by atoms with E-state index in [0.717, 1.165) is 24.5 Å². The summed E-state index contributed by atoms with van der Waals surface area (Å²) in [5.41, 5.74) is 0.934. The number of benzene rings is 1. The van der Waals surface area contributed by atoms with Gasteiger partial charge in [-0.1, -0.05) is 12.1 Å². The number of rotatable bonds is 5. The molecule has 0 radical (unpaired) electrons. The van der Waals surface area contributed by atoms with Gasteiger partial charge in [-0.25, -0.2) is 13.4 Å². The van der Waals surface area contributed by atoms with Crippen LogP contribution in [0.3, 0.4) is 0 Å². The molecule has 1 aromatic heterocycles. The molecule has 1 aliphatic heterocycles. The molecule has 132 valence electrons. The molecule has 1 aliphatic rings. The van der Waals surface area contributed by atoms with Crippen molar-refractivity contribution in [2.45, 2.75) is 24.3 Å².